The Bertz CT molecular complexity index is 299. The summed E-state index contributed by atoms with van der Waals surface area (Å²) in [6, 6.07) is 9.37. The largest absolute Gasteiger partial charge is 0.313 e. The molecular formula is C14H21N2. The second-order valence-corrected chi connectivity index (χ2v) is 4.47. The fourth-order valence-electron chi connectivity index (χ4n) is 2.11. The average molecular weight is 217 g/mol. The summed E-state index contributed by atoms with van der Waals surface area (Å²) in [5.41, 5.74) is 2.81. The monoisotopic (exact) mass is 217 g/mol. The zero-order valence-electron chi connectivity index (χ0n) is 10.1. The highest BCUT2D eigenvalue weighted by Gasteiger charge is 2.14. The minimum Gasteiger partial charge on any atom is -0.313 e. The van der Waals surface area contributed by atoms with Crippen LogP contribution in [0.2, 0.25) is 0 Å². The molecule has 1 fully saturated rings. The first-order valence-electron chi connectivity index (χ1n) is 6.36. The van der Waals surface area contributed by atoms with Crippen molar-refractivity contribution < 1.29 is 0 Å². The molecule has 1 aromatic carbocycles. The van der Waals surface area contributed by atoms with Gasteiger partial charge in [0.2, 0.25) is 0 Å². The molecule has 0 bridgehead atoms. The predicted octanol–water partition coefficient (Wildman–Crippen LogP) is 2.28. The van der Waals surface area contributed by atoms with E-state index in [-0.39, 0.29) is 0 Å². The van der Waals surface area contributed by atoms with Crippen LogP contribution in [0.3, 0.4) is 0 Å². The summed E-state index contributed by atoms with van der Waals surface area (Å²) in [5, 5.41) is 8.02. The molecule has 1 N–H and O–H groups in total. The Hall–Kier alpha value is -0.860. The van der Waals surface area contributed by atoms with E-state index in [2.05, 4.69) is 41.8 Å². The topological polar surface area (TPSA) is 26.1 Å². The quantitative estimate of drug-likeness (QED) is 0.822. The first-order chi connectivity index (χ1) is 7.90. The SMILES string of the molecule is CCCCc1ccc(C2CNCC[N]2)cc1. The van der Waals surface area contributed by atoms with Crippen molar-refractivity contribution in [1.82, 2.24) is 10.6 Å². The van der Waals surface area contributed by atoms with E-state index >= 15 is 0 Å². The molecule has 2 heteroatoms. The van der Waals surface area contributed by atoms with Gasteiger partial charge in [0.15, 0.2) is 0 Å². The number of piperazine rings is 1. The van der Waals surface area contributed by atoms with Crippen molar-refractivity contribution in [1.29, 1.82) is 0 Å². The molecule has 87 valence electrons. The van der Waals surface area contributed by atoms with Crippen molar-refractivity contribution in [2.45, 2.75) is 32.2 Å². The molecule has 2 rings (SSSR count). The fraction of sp³-hybridized carbons (Fsp3) is 0.571. The van der Waals surface area contributed by atoms with E-state index in [4.69, 9.17) is 0 Å². The van der Waals surface area contributed by atoms with Crippen LogP contribution in [0.4, 0.5) is 0 Å². The molecule has 1 radical (unpaired) electrons. The third kappa shape index (κ3) is 3.06. The lowest BCUT2D eigenvalue weighted by molar-refractivity contribution is 0.421. The Labute approximate surface area is 98.4 Å². The van der Waals surface area contributed by atoms with E-state index < -0.39 is 0 Å². The first kappa shape index (κ1) is 11.6. The lowest BCUT2D eigenvalue weighted by Gasteiger charge is -2.23. The fourth-order valence-corrected chi connectivity index (χ4v) is 2.11. The van der Waals surface area contributed by atoms with Crippen LogP contribution in [-0.2, 0) is 6.42 Å². The molecule has 0 spiro atoms. The molecule has 0 aromatic heterocycles. The Kier molecular flexibility index (Phi) is 4.37. The highest BCUT2D eigenvalue weighted by molar-refractivity contribution is 5.25. The van der Waals surface area contributed by atoms with Gasteiger partial charge in [-0.15, -0.1) is 0 Å². The Morgan fingerprint density at radius 1 is 1.31 bits per heavy atom. The molecule has 1 heterocycles. The highest BCUT2D eigenvalue weighted by atomic mass is 15.1. The summed E-state index contributed by atoms with van der Waals surface area (Å²) in [6.45, 7) is 5.21. The molecule has 1 aromatic rings. The third-order valence-electron chi connectivity index (χ3n) is 3.16. The van der Waals surface area contributed by atoms with Crippen molar-refractivity contribution in [2.24, 2.45) is 0 Å². The van der Waals surface area contributed by atoms with Crippen molar-refractivity contribution in [3.8, 4) is 0 Å². The first-order valence-corrected chi connectivity index (χ1v) is 6.36. The van der Waals surface area contributed by atoms with E-state index in [0.717, 1.165) is 19.6 Å². The average Bonchev–Trinajstić information content (AvgIpc) is 2.38. The van der Waals surface area contributed by atoms with E-state index in [0.29, 0.717) is 6.04 Å². The van der Waals surface area contributed by atoms with Crippen molar-refractivity contribution in [2.75, 3.05) is 19.6 Å². The zero-order chi connectivity index (χ0) is 11.2. The van der Waals surface area contributed by atoms with E-state index in [1.807, 2.05) is 0 Å². The van der Waals surface area contributed by atoms with Gasteiger partial charge in [0.1, 0.15) is 0 Å². The number of unbranched alkanes of at least 4 members (excludes halogenated alkanes) is 1. The smallest absolute Gasteiger partial charge is 0.0620 e. The summed E-state index contributed by atoms with van der Waals surface area (Å²) in [4.78, 5) is 0. The van der Waals surface area contributed by atoms with Crippen LogP contribution >= 0.6 is 0 Å². The van der Waals surface area contributed by atoms with Gasteiger partial charge in [0.25, 0.3) is 0 Å². The molecule has 0 aliphatic carbocycles. The van der Waals surface area contributed by atoms with E-state index in [1.165, 1.54) is 30.4 Å². The molecule has 1 atom stereocenters. The van der Waals surface area contributed by atoms with Gasteiger partial charge >= 0.3 is 0 Å². The van der Waals surface area contributed by atoms with Crippen LogP contribution in [-0.4, -0.2) is 19.6 Å². The van der Waals surface area contributed by atoms with Gasteiger partial charge in [-0.3, -0.25) is 0 Å². The zero-order valence-corrected chi connectivity index (χ0v) is 10.1. The maximum Gasteiger partial charge on any atom is 0.0620 e. The molecule has 2 nitrogen and oxygen atoms in total. The summed E-state index contributed by atoms with van der Waals surface area (Å²) < 4.78 is 0. The van der Waals surface area contributed by atoms with Crippen LogP contribution in [0.1, 0.15) is 36.9 Å². The predicted molar refractivity (Wildman–Crippen MR) is 67.7 cm³/mol. The molecule has 1 aliphatic heterocycles. The lowest BCUT2D eigenvalue weighted by Crippen LogP contribution is -2.38. The van der Waals surface area contributed by atoms with Gasteiger partial charge in [-0.1, -0.05) is 37.6 Å². The second-order valence-electron chi connectivity index (χ2n) is 4.47. The number of hydrogen-bond donors (Lipinski definition) is 1. The Morgan fingerprint density at radius 2 is 2.12 bits per heavy atom. The number of benzene rings is 1. The Morgan fingerprint density at radius 3 is 2.75 bits per heavy atom. The number of hydrogen-bond acceptors (Lipinski definition) is 1. The van der Waals surface area contributed by atoms with Crippen molar-refractivity contribution in [3.05, 3.63) is 35.4 Å². The number of nitrogens with one attached hydrogen (secondary N) is 1. The van der Waals surface area contributed by atoms with Crippen LogP contribution in [0.5, 0.6) is 0 Å². The molecular weight excluding hydrogens is 196 g/mol. The summed E-state index contributed by atoms with van der Waals surface area (Å²) in [6.07, 6.45) is 3.76. The van der Waals surface area contributed by atoms with E-state index in [1.54, 1.807) is 0 Å². The maximum atomic E-state index is 4.63. The summed E-state index contributed by atoms with van der Waals surface area (Å²) in [7, 11) is 0. The van der Waals surface area contributed by atoms with E-state index in [9.17, 15) is 0 Å². The van der Waals surface area contributed by atoms with Crippen molar-refractivity contribution in [3.63, 3.8) is 0 Å². The van der Waals surface area contributed by atoms with Crippen LogP contribution < -0.4 is 10.6 Å². The second kappa shape index (κ2) is 6.02. The van der Waals surface area contributed by atoms with Crippen LogP contribution in [0.15, 0.2) is 24.3 Å². The van der Waals surface area contributed by atoms with Gasteiger partial charge in [-0.25, -0.2) is 5.32 Å². The van der Waals surface area contributed by atoms with Crippen LogP contribution in [0, 0.1) is 0 Å². The van der Waals surface area contributed by atoms with Gasteiger partial charge in [0.05, 0.1) is 6.04 Å². The standard InChI is InChI=1S/C14H21N2/c1-2-3-4-12-5-7-13(8-6-12)14-11-15-9-10-16-14/h5-8,14-15H,2-4,9-11H2,1H3. The third-order valence-corrected chi connectivity index (χ3v) is 3.16. The van der Waals surface area contributed by atoms with Gasteiger partial charge in [0, 0.05) is 19.6 Å². The number of aryl methyl sites for hydroxylation is 1. The lowest BCUT2D eigenvalue weighted by atomic mass is 10.0. The minimum atomic E-state index is 0.369. The Balaban J connectivity index is 1.95. The summed E-state index contributed by atoms with van der Waals surface area (Å²) >= 11 is 0. The molecule has 0 saturated carbocycles. The van der Waals surface area contributed by atoms with Gasteiger partial charge < -0.3 is 5.32 Å². The minimum absolute atomic E-state index is 0.369. The van der Waals surface area contributed by atoms with Gasteiger partial charge in [-0.05, 0) is 24.0 Å². The number of rotatable bonds is 4. The van der Waals surface area contributed by atoms with Gasteiger partial charge in [-0.2, -0.15) is 0 Å². The molecule has 1 unspecified atom stereocenters. The van der Waals surface area contributed by atoms with Crippen molar-refractivity contribution >= 4 is 0 Å². The molecule has 1 saturated heterocycles. The summed E-state index contributed by atoms with van der Waals surface area (Å²) in [5.74, 6) is 0. The molecule has 1 aliphatic rings. The van der Waals surface area contributed by atoms with Crippen LogP contribution in [0.25, 0.3) is 0 Å². The maximum absolute atomic E-state index is 4.63. The normalized spacial score (nSPS) is 20.9. The highest BCUT2D eigenvalue weighted by Crippen LogP contribution is 2.16. The molecule has 16 heavy (non-hydrogen) atoms. The number of nitrogens with zero attached hydrogens (tertiary/aromatic N) is 1. The molecule has 0 amide bonds.